The first kappa shape index (κ1) is 22.2. The van der Waals surface area contributed by atoms with Crippen LogP contribution >= 0.6 is 0 Å². The van der Waals surface area contributed by atoms with E-state index < -0.39 is 17.9 Å². The van der Waals surface area contributed by atoms with Crippen molar-refractivity contribution in [1.29, 1.82) is 0 Å². The molecule has 7 heteroatoms. The zero-order valence-corrected chi connectivity index (χ0v) is 17.6. The van der Waals surface area contributed by atoms with Gasteiger partial charge in [-0.2, -0.15) is 0 Å². The van der Waals surface area contributed by atoms with Crippen LogP contribution in [0.5, 0.6) is 0 Å². The summed E-state index contributed by atoms with van der Waals surface area (Å²) < 4.78 is 1.28. The first-order valence-electron chi connectivity index (χ1n) is 10.6. The number of hydrogen-bond donors (Lipinski definition) is 2. The molecule has 0 fully saturated rings. The number of aliphatic carboxylic acids is 1. The number of aromatic nitrogens is 3. The van der Waals surface area contributed by atoms with Gasteiger partial charge in [0, 0.05) is 0 Å². The average molecular weight is 421 g/mol. The predicted molar refractivity (Wildman–Crippen MR) is 118 cm³/mol. The molecule has 1 aromatic heterocycles. The van der Waals surface area contributed by atoms with E-state index in [1.165, 1.54) is 11.0 Å². The fourth-order valence-electron chi connectivity index (χ4n) is 3.51. The lowest BCUT2D eigenvalue weighted by Gasteiger charge is -2.19. The van der Waals surface area contributed by atoms with Crippen LogP contribution in [0.3, 0.4) is 0 Å². The van der Waals surface area contributed by atoms with Crippen LogP contribution in [0.2, 0.25) is 0 Å². The Hall–Kier alpha value is -3.48. The molecule has 0 saturated heterocycles. The minimum Gasteiger partial charge on any atom is -0.480 e. The standard InChI is InChI=1S/C24H28N4O3/c1-2-3-4-11-16-20(24(30)31)28-17-25-22(27-28)23(29)26-21(18-12-7-5-8-13-18)19-14-9-6-10-15-19/h5-10,12-15,17,20-21H,2-4,11,16H2,1H3,(H,26,29)(H,30,31). The Balaban J connectivity index is 1.76. The van der Waals surface area contributed by atoms with Crippen molar-refractivity contribution in [2.75, 3.05) is 0 Å². The topological polar surface area (TPSA) is 97.1 Å². The molecular weight excluding hydrogens is 392 g/mol. The maximum absolute atomic E-state index is 12.9. The molecule has 162 valence electrons. The normalized spacial score (nSPS) is 11.9. The number of hydrogen-bond acceptors (Lipinski definition) is 4. The van der Waals surface area contributed by atoms with Crippen LogP contribution in [-0.2, 0) is 4.79 Å². The predicted octanol–water partition coefficient (Wildman–Crippen LogP) is 4.39. The number of carboxylic acids is 1. The Kier molecular flexibility index (Phi) is 7.92. The largest absolute Gasteiger partial charge is 0.480 e. The Morgan fingerprint density at radius 1 is 0.968 bits per heavy atom. The zero-order valence-electron chi connectivity index (χ0n) is 17.6. The highest BCUT2D eigenvalue weighted by molar-refractivity contribution is 5.90. The maximum atomic E-state index is 12.9. The summed E-state index contributed by atoms with van der Waals surface area (Å²) in [6.45, 7) is 2.11. The summed E-state index contributed by atoms with van der Waals surface area (Å²) >= 11 is 0. The molecule has 0 saturated carbocycles. The number of rotatable bonds is 11. The second kappa shape index (κ2) is 11.1. The SMILES string of the molecule is CCCCCCC(C(=O)O)n1cnc(C(=O)NC(c2ccccc2)c2ccccc2)n1. The van der Waals surface area contributed by atoms with Crippen LogP contribution in [0.25, 0.3) is 0 Å². The van der Waals surface area contributed by atoms with Gasteiger partial charge in [0.1, 0.15) is 6.33 Å². The van der Waals surface area contributed by atoms with Crippen molar-refractivity contribution in [3.8, 4) is 0 Å². The van der Waals surface area contributed by atoms with Gasteiger partial charge in [0.25, 0.3) is 5.91 Å². The molecule has 0 radical (unpaired) electrons. The lowest BCUT2D eigenvalue weighted by Crippen LogP contribution is -2.30. The van der Waals surface area contributed by atoms with Gasteiger partial charge in [0.05, 0.1) is 6.04 Å². The summed E-state index contributed by atoms with van der Waals surface area (Å²) in [4.78, 5) is 28.7. The summed E-state index contributed by atoms with van der Waals surface area (Å²) in [6.07, 6.45) is 5.69. The molecule has 0 bridgehead atoms. The van der Waals surface area contributed by atoms with Crippen molar-refractivity contribution in [2.45, 2.75) is 51.1 Å². The molecule has 1 atom stereocenters. The van der Waals surface area contributed by atoms with Gasteiger partial charge in [0.15, 0.2) is 6.04 Å². The molecule has 2 aromatic carbocycles. The summed E-state index contributed by atoms with van der Waals surface area (Å²) in [5, 5.41) is 16.8. The molecule has 2 N–H and O–H groups in total. The lowest BCUT2D eigenvalue weighted by atomic mass is 9.99. The van der Waals surface area contributed by atoms with Crippen LogP contribution in [-0.4, -0.2) is 31.7 Å². The molecule has 0 aliphatic heterocycles. The average Bonchev–Trinajstić information content (AvgIpc) is 3.28. The smallest absolute Gasteiger partial charge is 0.328 e. The van der Waals surface area contributed by atoms with Crippen molar-refractivity contribution in [3.63, 3.8) is 0 Å². The fourth-order valence-corrected chi connectivity index (χ4v) is 3.51. The minimum atomic E-state index is -0.972. The van der Waals surface area contributed by atoms with Gasteiger partial charge >= 0.3 is 5.97 Å². The quantitative estimate of drug-likeness (QED) is 0.448. The Labute approximate surface area is 182 Å². The molecule has 7 nitrogen and oxygen atoms in total. The van der Waals surface area contributed by atoms with Crippen molar-refractivity contribution < 1.29 is 14.7 Å². The van der Waals surface area contributed by atoms with Crippen molar-refractivity contribution in [3.05, 3.63) is 83.9 Å². The number of amides is 1. The van der Waals surface area contributed by atoms with Crippen molar-refractivity contribution >= 4 is 11.9 Å². The number of nitrogens with one attached hydrogen (secondary N) is 1. The third-order valence-corrected chi connectivity index (χ3v) is 5.19. The molecule has 0 aliphatic carbocycles. The Morgan fingerprint density at radius 3 is 2.13 bits per heavy atom. The van der Waals surface area contributed by atoms with Gasteiger partial charge in [-0.15, -0.1) is 5.10 Å². The van der Waals surface area contributed by atoms with Crippen molar-refractivity contribution in [2.24, 2.45) is 0 Å². The number of nitrogens with zero attached hydrogens (tertiary/aromatic N) is 3. The van der Waals surface area contributed by atoms with Crippen LogP contribution in [0, 0.1) is 0 Å². The molecule has 1 unspecified atom stereocenters. The van der Waals surface area contributed by atoms with Gasteiger partial charge in [-0.3, -0.25) is 4.79 Å². The van der Waals surface area contributed by atoms with Gasteiger partial charge in [-0.25, -0.2) is 14.5 Å². The number of unbranched alkanes of at least 4 members (excludes halogenated alkanes) is 3. The fraction of sp³-hybridized carbons (Fsp3) is 0.333. The molecular formula is C24H28N4O3. The van der Waals surface area contributed by atoms with E-state index in [2.05, 4.69) is 22.3 Å². The van der Waals surface area contributed by atoms with Crippen molar-refractivity contribution in [1.82, 2.24) is 20.1 Å². The number of carbonyl (C=O) groups is 2. The van der Waals surface area contributed by atoms with Crippen LogP contribution in [0.1, 0.15) is 72.9 Å². The highest BCUT2D eigenvalue weighted by atomic mass is 16.4. The lowest BCUT2D eigenvalue weighted by molar-refractivity contribution is -0.141. The van der Waals surface area contributed by atoms with E-state index in [0.717, 1.165) is 36.8 Å². The van der Waals surface area contributed by atoms with E-state index in [9.17, 15) is 14.7 Å². The summed E-state index contributed by atoms with van der Waals surface area (Å²) in [7, 11) is 0. The van der Waals surface area contributed by atoms with E-state index in [4.69, 9.17) is 0 Å². The van der Waals surface area contributed by atoms with Crippen LogP contribution < -0.4 is 5.32 Å². The third kappa shape index (κ3) is 6.01. The molecule has 3 rings (SSSR count). The second-order valence-electron chi connectivity index (χ2n) is 7.48. The van der Waals surface area contributed by atoms with Gasteiger partial charge in [-0.1, -0.05) is 93.3 Å². The highest BCUT2D eigenvalue weighted by Crippen LogP contribution is 2.22. The van der Waals surface area contributed by atoms with Gasteiger partial charge < -0.3 is 10.4 Å². The first-order chi connectivity index (χ1) is 15.1. The van der Waals surface area contributed by atoms with Crippen LogP contribution in [0.15, 0.2) is 67.0 Å². The molecule has 0 aliphatic rings. The molecule has 1 heterocycles. The van der Waals surface area contributed by atoms with E-state index in [1.807, 2.05) is 60.7 Å². The molecule has 0 spiro atoms. The highest BCUT2D eigenvalue weighted by Gasteiger charge is 2.24. The van der Waals surface area contributed by atoms with E-state index in [0.29, 0.717) is 6.42 Å². The summed E-state index contributed by atoms with van der Waals surface area (Å²) in [5.74, 6) is -1.47. The van der Waals surface area contributed by atoms with E-state index in [1.54, 1.807) is 0 Å². The third-order valence-electron chi connectivity index (χ3n) is 5.19. The number of carboxylic acid groups (broad SMARTS) is 1. The molecule has 3 aromatic rings. The summed E-state index contributed by atoms with van der Waals surface area (Å²) in [5.41, 5.74) is 1.86. The first-order valence-corrected chi connectivity index (χ1v) is 10.6. The molecule has 1 amide bonds. The minimum absolute atomic E-state index is 0.0447. The second-order valence-corrected chi connectivity index (χ2v) is 7.48. The monoisotopic (exact) mass is 420 g/mol. The Morgan fingerprint density at radius 2 is 1.58 bits per heavy atom. The number of benzene rings is 2. The van der Waals surface area contributed by atoms with Crippen LogP contribution in [0.4, 0.5) is 0 Å². The van der Waals surface area contributed by atoms with E-state index >= 15 is 0 Å². The summed E-state index contributed by atoms with van der Waals surface area (Å²) in [6, 6.07) is 18.1. The zero-order chi connectivity index (χ0) is 22.1. The van der Waals surface area contributed by atoms with Gasteiger partial charge in [-0.05, 0) is 17.5 Å². The number of carbonyl (C=O) groups excluding carboxylic acids is 1. The molecule has 31 heavy (non-hydrogen) atoms. The Bertz CT molecular complexity index is 933. The van der Waals surface area contributed by atoms with Gasteiger partial charge in [0.2, 0.25) is 5.82 Å². The maximum Gasteiger partial charge on any atom is 0.328 e. The van der Waals surface area contributed by atoms with E-state index in [-0.39, 0.29) is 11.9 Å².